The minimum Gasteiger partial charge on any atom is -0.213 e. The second-order valence-electron chi connectivity index (χ2n) is 5.67. The Morgan fingerprint density at radius 2 is 1.39 bits per heavy atom. The Kier molecular flexibility index (Phi) is 3.32. The number of rotatable bonds is 3. The first-order valence-electron chi connectivity index (χ1n) is 7.65. The molecule has 2 aromatic carbocycles. The van der Waals surface area contributed by atoms with Crippen LogP contribution in [0.3, 0.4) is 0 Å². The van der Waals surface area contributed by atoms with E-state index in [2.05, 4.69) is 21.0 Å². The normalized spacial score (nSPS) is 13.5. The van der Waals surface area contributed by atoms with E-state index in [0.717, 1.165) is 29.8 Å². The van der Waals surface area contributed by atoms with Gasteiger partial charge in [-0.1, -0.05) is 30.3 Å². The zero-order chi connectivity index (χ0) is 15.6. The van der Waals surface area contributed by atoms with Crippen molar-refractivity contribution in [1.82, 2.24) is 15.0 Å². The third-order valence-electron chi connectivity index (χ3n) is 3.90. The van der Waals surface area contributed by atoms with Gasteiger partial charge >= 0.3 is 0 Å². The summed E-state index contributed by atoms with van der Waals surface area (Å²) in [6.45, 7) is 0. The number of nitriles is 1. The van der Waals surface area contributed by atoms with E-state index < -0.39 is 0 Å². The minimum atomic E-state index is 0.456. The molecule has 4 nitrogen and oxygen atoms in total. The molecule has 0 N–H and O–H groups in total. The summed E-state index contributed by atoms with van der Waals surface area (Å²) in [5.41, 5.74) is 2.53. The van der Waals surface area contributed by atoms with Gasteiger partial charge in [-0.15, -0.1) is 0 Å². The highest BCUT2D eigenvalue weighted by molar-refractivity contribution is 5.61. The van der Waals surface area contributed by atoms with Crippen molar-refractivity contribution in [1.29, 1.82) is 5.26 Å². The maximum Gasteiger partial charge on any atom is 0.163 e. The number of nitrogens with zero attached hydrogens (tertiary/aromatic N) is 4. The van der Waals surface area contributed by atoms with Gasteiger partial charge in [0.15, 0.2) is 11.6 Å². The molecule has 0 saturated heterocycles. The molecule has 3 aromatic rings. The van der Waals surface area contributed by atoms with Gasteiger partial charge in [0.25, 0.3) is 0 Å². The van der Waals surface area contributed by atoms with Gasteiger partial charge < -0.3 is 0 Å². The molecule has 0 bridgehead atoms. The highest BCUT2D eigenvalue weighted by atomic mass is 15.0. The summed E-state index contributed by atoms with van der Waals surface area (Å²) < 4.78 is 0. The number of hydrogen-bond acceptors (Lipinski definition) is 4. The summed E-state index contributed by atoms with van der Waals surface area (Å²) in [6.07, 6.45) is 2.29. The lowest BCUT2D eigenvalue weighted by atomic mass is 10.1. The van der Waals surface area contributed by atoms with Crippen LogP contribution in [0, 0.1) is 11.3 Å². The smallest absolute Gasteiger partial charge is 0.163 e. The summed E-state index contributed by atoms with van der Waals surface area (Å²) in [7, 11) is 0. The highest BCUT2D eigenvalue weighted by Gasteiger charge is 2.28. The Bertz CT molecular complexity index is 875. The second kappa shape index (κ2) is 5.62. The van der Waals surface area contributed by atoms with E-state index in [1.165, 1.54) is 0 Å². The van der Waals surface area contributed by atoms with Crippen LogP contribution in [0.1, 0.15) is 30.1 Å². The van der Waals surface area contributed by atoms with Crippen LogP contribution in [0.15, 0.2) is 54.6 Å². The minimum absolute atomic E-state index is 0.456. The number of hydrogen-bond donors (Lipinski definition) is 0. The van der Waals surface area contributed by atoms with Gasteiger partial charge in [0.05, 0.1) is 11.6 Å². The Hall–Kier alpha value is -3.06. The summed E-state index contributed by atoms with van der Waals surface area (Å²) in [6, 6.07) is 19.4. The number of benzene rings is 2. The van der Waals surface area contributed by atoms with Gasteiger partial charge in [-0.25, -0.2) is 15.0 Å². The van der Waals surface area contributed by atoms with Crippen LogP contribution in [-0.4, -0.2) is 15.0 Å². The summed E-state index contributed by atoms with van der Waals surface area (Å²) in [5, 5.41) is 8.93. The fraction of sp³-hybridized carbons (Fsp3) is 0.158. The van der Waals surface area contributed by atoms with Crippen LogP contribution in [0.2, 0.25) is 0 Å². The molecule has 0 amide bonds. The molecule has 110 valence electrons. The maximum atomic E-state index is 8.93. The molecule has 0 aliphatic heterocycles. The molecule has 1 heterocycles. The van der Waals surface area contributed by atoms with Crippen molar-refractivity contribution in [2.24, 2.45) is 0 Å². The lowest BCUT2D eigenvalue weighted by Crippen LogP contribution is -2.02. The monoisotopic (exact) mass is 298 g/mol. The highest BCUT2D eigenvalue weighted by Crippen LogP contribution is 2.39. The first-order valence-corrected chi connectivity index (χ1v) is 7.65. The van der Waals surface area contributed by atoms with Crippen molar-refractivity contribution in [2.75, 3.05) is 0 Å². The third kappa shape index (κ3) is 2.82. The zero-order valence-electron chi connectivity index (χ0n) is 12.5. The Labute approximate surface area is 134 Å². The molecule has 4 rings (SSSR count). The predicted octanol–water partition coefficient (Wildman–Crippen LogP) is 3.95. The van der Waals surface area contributed by atoms with Gasteiger partial charge in [-0.3, -0.25) is 0 Å². The van der Waals surface area contributed by atoms with Gasteiger partial charge in [-0.05, 0) is 37.1 Å². The maximum absolute atomic E-state index is 8.93. The molecular formula is C19H14N4. The fourth-order valence-corrected chi connectivity index (χ4v) is 2.46. The average Bonchev–Trinajstić information content (AvgIpc) is 3.47. The van der Waals surface area contributed by atoms with Crippen LogP contribution < -0.4 is 0 Å². The third-order valence-corrected chi connectivity index (χ3v) is 3.90. The standard InChI is InChI=1S/C19H14N4/c20-12-13-6-8-15(9-7-13)18-21-17(14-4-2-1-3-5-14)22-19(23-18)16-10-11-16/h1-9,16H,10-11H2. The molecule has 4 heteroatoms. The molecule has 0 atom stereocenters. The van der Waals surface area contributed by atoms with Crippen molar-refractivity contribution in [3.63, 3.8) is 0 Å². The van der Waals surface area contributed by atoms with Gasteiger partial charge in [0, 0.05) is 17.0 Å². The van der Waals surface area contributed by atoms with Gasteiger partial charge in [0.2, 0.25) is 0 Å². The quantitative estimate of drug-likeness (QED) is 0.734. The van der Waals surface area contributed by atoms with E-state index in [4.69, 9.17) is 5.26 Å². The van der Waals surface area contributed by atoms with Crippen LogP contribution >= 0.6 is 0 Å². The van der Waals surface area contributed by atoms with Crippen molar-refractivity contribution in [3.8, 4) is 28.8 Å². The molecular weight excluding hydrogens is 284 g/mol. The van der Waals surface area contributed by atoms with Crippen LogP contribution in [0.25, 0.3) is 22.8 Å². The largest absolute Gasteiger partial charge is 0.213 e. The van der Waals surface area contributed by atoms with Crippen molar-refractivity contribution in [2.45, 2.75) is 18.8 Å². The first-order chi connectivity index (χ1) is 11.3. The van der Waals surface area contributed by atoms with E-state index in [1.807, 2.05) is 42.5 Å². The molecule has 1 aliphatic carbocycles. The molecule has 0 spiro atoms. The molecule has 1 fully saturated rings. The predicted molar refractivity (Wildman–Crippen MR) is 87.4 cm³/mol. The van der Waals surface area contributed by atoms with E-state index in [9.17, 15) is 0 Å². The molecule has 1 saturated carbocycles. The van der Waals surface area contributed by atoms with Crippen molar-refractivity contribution >= 4 is 0 Å². The van der Waals surface area contributed by atoms with Crippen LogP contribution in [-0.2, 0) is 0 Å². The molecule has 1 aliphatic rings. The Balaban J connectivity index is 1.82. The fourth-order valence-electron chi connectivity index (χ4n) is 2.46. The zero-order valence-corrected chi connectivity index (χ0v) is 12.5. The summed E-state index contributed by atoms with van der Waals surface area (Å²) >= 11 is 0. The molecule has 0 radical (unpaired) electrons. The van der Waals surface area contributed by atoms with Crippen LogP contribution in [0.5, 0.6) is 0 Å². The van der Waals surface area contributed by atoms with Crippen molar-refractivity contribution in [3.05, 3.63) is 66.0 Å². The van der Waals surface area contributed by atoms with Crippen LogP contribution in [0.4, 0.5) is 0 Å². The average molecular weight is 298 g/mol. The Morgan fingerprint density at radius 1 is 0.783 bits per heavy atom. The van der Waals surface area contributed by atoms with E-state index in [1.54, 1.807) is 12.1 Å². The topological polar surface area (TPSA) is 62.5 Å². The lowest BCUT2D eigenvalue weighted by Gasteiger charge is -2.07. The molecule has 0 unspecified atom stereocenters. The SMILES string of the molecule is N#Cc1ccc(-c2nc(-c3ccccc3)nc(C3CC3)n2)cc1. The summed E-state index contributed by atoms with van der Waals surface area (Å²) in [5.74, 6) is 2.71. The van der Waals surface area contributed by atoms with Gasteiger partial charge in [-0.2, -0.15) is 5.26 Å². The molecule has 1 aromatic heterocycles. The van der Waals surface area contributed by atoms with Gasteiger partial charge in [0.1, 0.15) is 5.82 Å². The first kappa shape index (κ1) is 13.6. The van der Waals surface area contributed by atoms with E-state index in [0.29, 0.717) is 23.1 Å². The van der Waals surface area contributed by atoms with E-state index in [-0.39, 0.29) is 0 Å². The summed E-state index contributed by atoms with van der Waals surface area (Å²) in [4.78, 5) is 13.9. The second-order valence-corrected chi connectivity index (χ2v) is 5.67. The van der Waals surface area contributed by atoms with E-state index >= 15 is 0 Å². The lowest BCUT2D eigenvalue weighted by molar-refractivity contribution is 0.899. The Morgan fingerprint density at radius 3 is 1.96 bits per heavy atom. The number of aromatic nitrogens is 3. The van der Waals surface area contributed by atoms with Crippen molar-refractivity contribution < 1.29 is 0 Å². The molecule has 23 heavy (non-hydrogen) atoms.